The number of nitrogens with zero attached hydrogens (tertiary/aromatic N) is 5. The van der Waals surface area contributed by atoms with Gasteiger partial charge in [-0.25, -0.2) is 0 Å². The Bertz CT molecular complexity index is 940. The van der Waals surface area contributed by atoms with Gasteiger partial charge >= 0.3 is 0 Å². The minimum absolute atomic E-state index is 0.249. The summed E-state index contributed by atoms with van der Waals surface area (Å²) in [5.41, 5.74) is 3.70. The zero-order valence-corrected chi connectivity index (χ0v) is 18.5. The van der Waals surface area contributed by atoms with Gasteiger partial charge in [0.25, 0.3) is 0 Å². The van der Waals surface area contributed by atoms with Crippen LogP contribution in [0.2, 0.25) is 0 Å². The van der Waals surface area contributed by atoms with E-state index in [0.29, 0.717) is 0 Å². The Kier molecular flexibility index (Phi) is 7.15. The third kappa shape index (κ3) is 5.47. The first-order valence-electron chi connectivity index (χ1n) is 10.5. The van der Waals surface area contributed by atoms with Crippen LogP contribution in [-0.4, -0.2) is 44.4 Å². The average Bonchev–Trinajstić information content (AvgIpc) is 3.39. The average molecular weight is 424 g/mol. The van der Waals surface area contributed by atoms with Crippen molar-refractivity contribution in [2.75, 3.05) is 13.7 Å². The molecule has 6 nitrogen and oxygen atoms in total. The van der Waals surface area contributed by atoms with Gasteiger partial charge in [-0.15, -0.1) is 10.2 Å². The van der Waals surface area contributed by atoms with Crippen LogP contribution in [0.1, 0.15) is 35.5 Å². The maximum atomic E-state index is 5.91. The molecule has 0 amide bonds. The number of aryl methyl sites for hydroxylation is 1. The number of thioether (sulfide) groups is 1. The molecule has 1 aliphatic rings. The maximum absolute atomic E-state index is 5.91. The first kappa shape index (κ1) is 21.0. The third-order valence-corrected chi connectivity index (χ3v) is 6.41. The largest absolute Gasteiger partial charge is 0.376 e. The van der Waals surface area contributed by atoms with Crippen LogP contribution in [0.15, 0.2) is 53.8 Å². The van der Waals surface area contributed by atoms with Gasteiger partial charge in [-0.05, 0) is 50.1 Å². The molecule has 0 N–H and O–H groups in total. The van der Waals surface area contributed by atoms with Crippen molar-refractivity contribution in [2.24, 2.45) is 0 Å². The summed E-state index contributed by atoms with van der Waals surface area (Å²) in [6, 6.07) is 14.5. The molecule has 158 valence electrons. The second-order valence-electron chi connectivity index (χ2n) is 7.85. The molecule has 0 spiro atoms. The Labute approximate surface area is 182 Å². The van der Waals surface area contributed by atoms with Crippen LogP contribution in [0, 0.1) is 6.92 Å². The second kappa shape index (κ2) is 10.2. The summed E-state index contributed by atoms with van der Waals surface area (Å²) in [5, 5.41) is 10.1. The molecule has 0 unspecified atom stereocenters. The van der Waals surface area contributed by atoms with Gasteiger partial charge < -0.3 is 9.30 Å². The predicted octanol–water partition coefficient (Wildman–Crippen LogP) is 4.08. The molecule has 1 aliphatic heterocycles. The van der Waals surface area contributed by atoms with Crippen LogP contribution in [-0.2, 0) is 30.1 Å². The van der Waals surface area contributed by atoms with Gasteiger partial charge in [-0.3, -0.25) is 9.88 Å². The fourth-order valence-electron chi connectivity index (χ4n) is 3.70. The number of hydrogen-bond acceptors (Lipinski definition) is 6. The van der Waals surface area contributed by atoms with E-state index in [9.17, 15) is 0 Å². The van der Waals surface area contributed by atoms with E-state index in [4.69, 9.17) is 4.74 Å². The highest BCUT2D eigenvalue weighted by Gasteiger charge is 2.22. The lowest BCUT2D eigenvalue weighted by atomic mass is 10.1. The normalized spacial score (nSPS) is 16.4. The summed E-state index contributed by atoms with van der Waals surface area (Å²) in [6.45, 7) is 5.33. The molecule has 30 heavy (non-hydrogen) atoms. The van der Waals surface area contributed by atoms with Crippen molar-refractivity contribution in [1.29, 1.82) is 0 Å². The van der Waals surface area contributed by atoms with Crippen LogP contribution in [0.5, 0.6) is 0 Å². The van der Waals surface area contributed by atoms with Gasteiger partial charge in [-0.1, -0.05) is 42.1 Å². The van der Waals surface area contributed by atoms with E-state index in [2.05, 4.69) is 69.0 Å². The van der Waals surface area contributed by atoms with E-state index in [1.807, 2.05) is 18.3 Å². The molecule has 0 bridgehead atoms. The van der Waals surface area contributed by atoms with Crippen LogP contribution >= 0.6 is 11.8 Å². The predicted molar refractivity (Wildman–Crippen MR) is 119 cm³/mol. The zero-order chi connectivity index (χ0) is 20.8. The number of rotatable bonds is 9. The van der Waals surface area contributed by atoms with Crippen LogP contribution in [0.3, 0.4) is 0 Å². The molecule has 0 radical (unpaired) electrons. The third-order valence-electron chi connectivity index (χ3n) is 5.39. The topological polar surface area (TPSA) is 56.1 Å². The van der Waals surface area contributed by atoms with Gasteiger partial charge in [0.1, 0.15) is 5.82 Å². The fourth-order valence-corrected chi connectivity index (χ4v) is 4.74. The number of aromatic nitrogens is 4. The molecule has 7 heteroatoms. The Hall–Kier alpha value is -2.22. The van der Waals surface area contributed by atoms with E-state index in [1.54, 1.807) is 11.8 Å². The van der Waals surface area contributed by atoms with Gasteiger partial charge in [0.15, 0.2) is 5.16 Å². The van der Waals surface area contributed by atoms with E-state index in [1.165, 1.54) is 11.1 Å². The molecule has 3 heterocycles. The lowest BCUT2D eigenvalue weighted by molar-refractivity contribution is 0.0934. The van der Waals surface area contributed by atoms with Crippen molar-refractivity contribution in [3.05, 3.63) is 71.3 Å². The van der Waals surface area contributed by atoms with Gasteiger partial charge in [0.2, 0.25) is 0 Å². The molecule has 1 aromatic carbocycles. The molecule has 0 aliphatic carbocycles. The first-order valence-corrected chi connectivity index (χ1v) is 11.5. The smallest absolute Gasteiger partial charge is 0.191 e. The highest BCUT2D eigenvalue weighted by Crippen LogP contribution is 2.26. The van der Waals surface area contributed by atoms with Crippen LogP contribution in [0.25, 0.3) is 0 Å². The summed E-state index contributed by atoms with van der Waals surface area (Å²) in [7, 11) is 2.10. The lowest BCUT2D eigenvalue weighted by Gasteiger charge is -2.19. The monoisotopic (exact) mass is 423 g/mol. The Morgan fingerprint density at radius 3 is 2.77 bits per heavy atom. The van der Waals surface area contributed by atoms with Crippen molar-refractivity contribution in [2.45, 2.75) is 56.4 Å². The van der Waals surface area contributed by atoms with E-state index < -0.39 is 0 Å². The molecular formula is C23H29N5OS. The summed E-state index contributed by atoms with van der Waals surface area (Å²) >= 11 is 1.75. The molecule has 1 saturated heterocycles. The Balaban J connectivity index is 1.48. The molecule has 1 atom stereocenters. The molecular weight excluding hydrogens is 394 g/mol. The standard InChI is InChI=1S/C23H29N5OS/c1-18-8-3-4-9-19(18)17-30-23-26-25-22(28(23)15-21-11-7-13-29-21)16-27(2)14-20-10-5-6-12-24-20/h3-6,8-10,12,21H,7,11,13-17H2,1-2H3/t21-/m0/s1. The van der Waals surface area contributed by atoms with E-state index in [0.717, 1.165) is 61.5 Å². The van der Waals surface area contributed by atoms with Gasteiger partial charge in [0.05, 0.1) is 24.9 Å². The minimum Gasteiger partial charge on any atom is -0.376 e. The van der Waals surface area contributed by atoms with Crippen molar-refractivity contribution < 1.29 is 4.74 Å². The second-order valence-corrected chi connectivity index (χ2v) is 8.80. The number of ether oxygens (including phenoxy) is 1. The fraction of sp³-hybridized carbons (Fsp3) is 0.435. The van der Waals surface area contributed by atoms with Crippen molar-refractivity contribution in [3.8, 4) is 0 Å². The molecule has 4 rings (SSSR count). The maximum Gasteiger partial charge on any atom is 0.191 e. The highest BCUT2D eigenvalue weighted by molar-refractivity contribution is 7.98. The van der Waals surface area contributed by atoms with Crippen LogP contribution in [0.4, 0.5) is 0 Å². The SMILES string of the molecule is Cc1ccccc1CSc1nnc(CN(C)Cc2ccccn2)n1C[C@@H]1CCCO1. The first-order chi connectivity index (χ1) is 14.7. The van der Waals surface area contributed by atoms with Crippen molar-refractivity contribution in [3.63, 3.8) is 0 Å². The Morgan fingerprint density at radius 1 is 1.13 bits per heavy atom. The Morgan fingerprint density at radius 2 is 2.00 bits per heavy atom. The number of pyridine rings is 1. The molecule has 1 fully saturated rings. The minimum atomic E-state index is 0.249. The summed E-state index contributed by atoms with van der Waals surface area (Å²) < 4.78 is 8.17. The van der Waals surface area contributed by atoms with Crippen molar-refractivity contribution in [1.82, 2.24) is 24.6 Å². The van der Waals surface area contributed by atoms with E-state index >= 15 is 0 Å². The molecule has 3 aromatic rings. The summed E-state index contributed by atoms with van der Waals surface area (Å²) in [4.78, 5) is 6.66. The van der Waals surface area contributed by atoms with Crippen molar-refractivity contribution >= 4 is 11.8 Å². The summed E-state index contributed by atoms with van der Waals surface area (Å²) in [6.07, 6.45) is 4.32. The van der Waals surface area contributed by atoms with Gasteiger partial charge in [0, 0.05) is 25.1 Å². The van der Waals surface area contributed by atoms with Crippen LogP contribution < -0.4 is 0 Å². The number of benzene rings is 1. The summed E-state index contributed by atoms with van der Waals surface area (Å²) in [5.74, 6) is 1.87. The highest BCUT2D eigenvalue weighted by atomic mass is 32.2. The quantitative estimate of drug-likeness (QED) is 0.483. The molecule has 0 saturated carbocycles. The van der Waals surface area contributed by atoms with E-state index in [-0.39, 0.29) is 6.10 Å². The van der Waals surface area contributed by atoms with Gasteiger partial charge in [-0.2, -0.15) is 0 Å². The lowest BCUT2D eigenvalue weighted by Crippen LogP contribution is -2.23. The zero-order valence-electron chi connectivity index (χ0n) is 17.7. The number of hydrogen-bond donors (Lipinski definition) is 0. The molecule has 2 aromatic heterocycles.